The van der Waals surface area contributed by atoms with Gasteiger partial charge in [0, 0.05) is 29.6 Å². The van der Waals surface area contributed by atoms with E-state index in [0.29, 0.717) is 6.04 Å². The summed E-state index contributed by atoms with van der Waals surface area (Å²) in [5.74, 6) is 1.10. The maximum Gasteiger partial charge on any atom is 0.118 e. The summed E-state index contributed by atoms with van der Waals surface area (Å²) in [6.45, 7) is 4.15. The molecule has 0 aromatic rings. The van der Waals surface area contributed by atoms with E-state index in [1.54, 1.807) is 0 Å². The minimum absolute atomic E-state index is 0.368. The third-order valence-electron chi connectivity index (χ3n) is 1.29. The molecule has 0 aliphatic carbocycles. The third kappa shape index (κ3) is 2.45. The van der Waals surface area contributed by atoms with Crippen LogP contribution in [0.1, 0.15) is 20.3 Å². The van der Waals surface area contributed by atoms with Crippen LogP contribution >= 0.6 is 22.6 Å². The minimum atomic E-state index is 0.368. The van der Waals surface area contributed by atoms with Crippen LogP contribution in [0, 0.1) is 0 Å². The topological polar surface area (TPSA) is 15.6 Å². The van der Waals surface area contributed by atoms with Gasteiger partial charge in [0.15, 0.2) is 0 Å². The number of rotatable bonds is 2. The lowest BCUT2D eigenvalue weighted by Crippen LogP contribution is -2.13. The Hall–Kier alpha value is -0.0900. The second kappa shape index (κ2) is 4.07. The average Bonchev–Trinajstić information content (AvgIpc) is 2.34. The Labute approximate surface area is 76.7 Å². The Bertz CT molecular complexity index is 187. The molecule has 0 bridgehead atoms. The molecule has 62 valence electrons. The smallest absolute Gasteiger partial charge is 0.118 e. The Morgan fingerprint density at radius 3 is 3.00 bits per heavy atom. The second-order valence-electron chi connectivity index (χ2n) is 2.64. The summed E-state index contributed by atoms with van der Waals surface area (Å²) >= 11 is 4.11. The summed E-state index contributed by atoms with van der Waals surface area (Å²) in [5, 5.41) is 0. The first kappa shape index (κ1) is 9.00. The zero-order chi connectivity index (χ0) is 8.27. The van der Waals surface area contributed by atoms with E-state index in [4.69, 9.17) is 0 Å². The molecule has 0 radical (unpaired) electrons. The van der Waals surface area contributed by atoms with Crippen molar-refractivity contribution in [1.82, 2.24) is 4.31 Å². The van der Waals surface area contributed by atoms with Gasteiger partial charge >= 0.3 is 0 Å². The molecule has 1 rings (SSSR count). The van der Waals surface area contributed by atoms with Crippen molar-refractivity contribution in [3.05, 3.63) is 12.3 Å². The van der Waals surface area contributed by atoms with Gasteiger partial charge in [-0.3, -0.25) is 9.30 Å². The van der Waals surface area contributed by atoms with E-state index in [0.717, 1.165) is 12.3 Å². The fourth-order valence-electron chi connectivity index (χ4n) is 0.912. The van der Waals surface area contributed by atoms with E-state index in [9.17, 15) is 0 Å². The highest BCUT2D eigenvalue weighted by atomic mass is 33.1. The molecule has 0 fully saturated rings. The van der Waals surface area contributed by atoms with Crippen LogP contribution in [0.2, 0.25) is 0 Å². The zero-order valence-corrected chi connectivity index (χ0v) is 8.40. The molecule has 11 heavy (non-hydrogen) atoms. The van der Waals surface area contributed by atoms with Crippen molar-refractivity contribution in [2.75, 3.05) is 0 Å². The SMILES string of the molecule is CC(C)/N=C1/CC=CN1SS. The van der Waals surface area contributed by atoms with E-state index in [1.807, 2.05) is 10.5 Å². The molecule has 0 N–H and O–H groups in total. The van der Waals surface area contributed by atoms with Crippen molar-refractivity contribution < 1.29 is 0 Å². The van der Waals surface area contributed by atoms with Crippen molar-refractivity contribution in [3.63, 3.8) is 0 Å². The summed E-state index contributed by atoms with van der Waals surface area (Å²) in [7, 11) is 1.39. The van der Waals surface area contributed by atoms with Crippen molar-refractivity contribution in [2.45, 2.75) is 26.3 Å². The first-order chi connectivity index (χ1) is 5.24. The molecule has 0 amide bonds. The standard InChI is InChI=1S/C7H12N2S2/c1-6(2)8-7-4-3-5-9(7)11-10/h3,5-6,10H,4H2,1-2H3/b8-7-. The van der Waals surface area contributed by atoms with Gasteiger partial charge in [-0.15, -0.1) is 0 Å². The van der Waals surface area contributed by atoms with Crippen LogP contribution in [0.3, 0.4) is 0 Å². The van der Waals surface area contributed by atoms with Gasteiger partial charge in [-0.2, -0.15) is 0 Å². The molecule has 0 unspecified atom stereocenters. The molecule has 2 nitrogen and oxygen atoms in total. The molecule has 0 aromatic carbocycles. The van der Waals surface area contributed by atoms with Gasteiger partial charge in [-0.25, -0.2) is 0 Å². The van der Waals surface area contributed by atoms with Crippen LogP contribution in [0.5, 0.6) is 0 Å². The highest BCUT2D eigenvalue weighted by Crippen LogP contribution is 2.22. The number of amidine groups is 1. The molecule has 0 atom stereocenters. The minimum Gasteiger partial charge on any atom is -0.270 e. The molecular formula is C7H12N2S2. The molecule has 0 spiro atoms. The lowest BCUT2D eigenvalue weighted by Gasteiger charge is -2.12. The summed E-state index contributed by atoms with van der Waals surface area (Å²) < 4.78 is 1.98. The molecule has 4 heteroatoms. The van der Waals surface area contributed by atoms with Crippen molar-refractivity contribution in [2.24, 2.45) is 4.99 Å². The third-order valence-corrected chi connectivity index (χ3v) is 2.33. The summed E-state index contributed by atoms with van der Waals surface area (Å²) in [6.07, 6.45) is 5.02. The van der Waals surface area contributed by atoms with Gasteiger partial charge in [0.25, 0.3) is 0 Å². The lowest BCUT2D eigenvalue weighted by molar-refractivity contribution is 0.803. The van der Waals surface area contributed by atoms with Gasteiger partial charge in [-0.1, -0.05) is 17.7 Å². The first-order valence-electron chi connectivity index (χ1n) is 3.58. The van der Waals surface area contributed by atoms with Gasteiger partial charge in [0.1, 0.15) is 5.84 Å². The first-order valence-corrected chi connectivity index (χ1v) is 5.40. The summed E-state index contributed by atoms with van der Waals surface area (Å²) in [6, 6.07) is 0.368. The van der Waals surface area contributed by atoms with E-state index in [1.165, 1.54) is 11.0 Å². The van der Waals surface area contributed by atoms with Crippen LogP contribution in [0.25, 0.3) is 0 Å². The van der Waals surface area contributed by atoms with Crippen molar-refractivity contribution >= 4 is 28.5 Å². The van der Waals surface area contributed by atoms with Gasteiger partial charge in [0.05, 0.1) is 0 Å². The molecule has 0 saturated carbocycles. The van der Waals surface area contributed by atoms with E-state index in [-0.39, 0.29) is 0 Å². The quantitative estimate of drug-likeness (QED) is 0.407. The maximum absolute atomic E-state index is 4.44. The lowest BCUT2D eigenvalue weighted by atomic mass is 10.4. The number of aliphatic imine (C=N–C) groups is 1. The van der Waals surface area contributed by atoms with Crippen LogP contribution < -0.4 is 0 Å². The van der Waals surface area contributed by atoms with Crippen molar-refractivity contribution in [1.29, 1.82) is 0 Å². The van der Waals surface area contributed by atoms with Crippen LogP contribution in [-0.4, -0.2) is 16.2 Å². The molecule has 1 aliphatic rings. The predicted molar refractivity (Wildman–Crippen MR) is 54.7 cm³/mol. The van der Waals surface area contributed by atoms with Crippen LogP contribution in [0.4, 0.5) is 0 Å². The summed E-state index contributed by atoms with van der Waals surface area (Å²) in [4.78, 5) is 4.44. The number of nitrogens with zero attached hydrogens (tertiary/aromatic N) is 2. The number of thiol groups is 1. The average molecular weight is 188 g/mol. The predicted octanol–water partition coefficient (Wildman–Crippen LogP) is 2.51. The normalized spacial score (nSPS) is 20.7. The maximum atomic E-state index is 4.44. The monoisotopic (exact) mass is 188 g/mol. The number of hydrogen-bond donors (Lipinski definition) is 1. The van der Waals surface area contributed by atoms with Crippen LogP contribution in [0.15, 0.2) is 17.3 Å². The van der Waals surface area contributed by atoms with Gasteiger partial charge in [-0.05, 0) is 13.8 Å². The molecule has 1 aliphatic heterocycles. The van der Waals surface area contributed by atoms with E-state index >= 15 is 0 Å². The fraction of sp³-hybridized carbons (Fsp3) is 0.571. The Balaban J connectivity index is 2.60. The van der Waals surface area contributed by atoms with Gasteiger partial charge in [0.2, 0.25) is 0 Å². The molecule has 0 saturated heterocycles. The molecule has 1 heterocycles. The highest BCUT2D eigenvalue weighted by molar-refractivity contribution is 8.67. The molecular weight excluding hydrogens is 176 g/mol. The Morgan fingerprint density at radius 1 is 1.73 bits per heavy atom. The number of hydrogen-bond acceptors (Lipinski definition) is 3. The summed E-state index contributed by atoms with van der Waals surface area (Å²) in [5.41, 5.74) is 0. The van der Waals surface area contributed by atoms with Crippen molar-refractivity contribution in [3.8, 4) is 0 Å². The molecule has 0 aromatic heterocycles. The van der Waals surface area contributed by atoms with Gasteiger partial charge < -0.3 is 0 Å². The largest absolute Gasteiger partial charge is 0.270 e. The zero-order valence-electron chi connectivity index (χ0n) is 6.69. The Morgan fingerprint density at radius 2 is 2.45 bits per heavy atom. The second-order valence-corrected chi connectivity index (χ2v) is 3.68. The van der Waals surface area contributed by atoms with Crippen LogP contribution in [-0.2, 0) is 0 Å². The fourth-order valence-corrected chi connectivity index (χ4v) is 1.71. The van der Waals surface area contributed by atoms with E-state index < -0.39 is 0 Å². The van der Waals surface area contributed by atoms with E-state index in [2.05, 4.69) is 36.6 Å². The Kier molecular flexibility index (Phi) is 3.33. The highest BCUT2D eigenvalue weighted by Gasteiger charge is 2.12.